The topological polar surface area (TPSA) is 52.5 Å². The van der Waals surface area contributed by atoms with Gasteiger partial charge in [-0.15, -0.1) is 0 Å². The first-order valence-corrected chi connectivity index (χ1v) is 6.84. The van der Waals surface area contributed by atoms with Crippen molar-refractivity contribution in [3.8, 4) is 5.75 Å². The summed E-state index contributed by atoms with van der Waals surface area (Å²) in [4.78, 5) is 0. The summed E-state index contributed by atoms with van der Waals surface area (Å²) in [6.45, 7) is 3.75. The Labute approximate surface area is 114 Å². The molecule has 0 saturated heterocycles. The Morgan fingerprint density at radius 3 is 2.72 bits per heavy atom. The predicted molar refractivity (Wildman–Crippen MR) is 74.9 cm³/mol. The largest absolute Gasteiger partial charge is 0.508 e. The summed E-state index contributed by atoms with van der Waals surface area (Å²) in [5.41, 5.74) is 0.735. The molecule has 1 unspecified atom stereocenters. The Hall–Kier alpha value is -0.770. The van der Waals surface area contributed by atoms with Crippen LogP contribution in [0.4, 0.5) is 0 Å². The van der Waals surface area contributed by atoms with E-state index in [2.05, 4.69) is 12.2 Å². The van der Waals surface area contributed by atoms with Gasteiger partial charge >= 0.3 is 0 Å². The molecule has 0 aliphatic rings. The summed E-state index contributed by atoms with van der Waals surface area (Å²) >= 11 is 6.03. The third kappa shape index (κ3) is 4.84. The van der Waals surface area contributed by atoms with Crippen LogP contribution in [0, 0.1) is 5.92 Å². The van der Waals surface area contributed by atoms with Gasteiger partial charge in [-0.05, 0) is 37.4 Å². The number of hydrogen-bond acceptors (Lipinski definition) is 3. The average molecular weight is 272 g/mol. The maximum Gasteiger partial charge on any atom is 0.121 e. The van der Waals surface area contributed by atoms with Crippen LogP contribution in [-0.4, -0.2) is 23.4 Å². The molecule has 3 nitrogen and oxygen atoms in total. The van der Waals surface area contributed by atoms with Crippen molar-refractivity contribution in [3.63, 3.8) is 0 Å². The lowest BCUT2D eigenvalue weighted by Gasteiger charge is -2.16. The molecule has 0 aromatic heterocycles. The zero-order valence-electron chi connectivity index (χ0n) is 10.8. The molecule has 0 spiro atoms. The first-order valence-electron chi connectivity index (χ1n) is 6.47. The van der Waals surface area contributed by atoms with Gasteiger partial charge < -0.3 is 15.5 Å². The molecule has 4 heteroatoms. The number of phenols is 1. The van der Waals surface area contributed by atoms with E-state index in [0.717, 1.165) is 31.4 Å². The number of phenolic OH excluding ortho intramolecular Hbond substituents is 1. The molecular weight excluding hydrogens is 250 g/mol. The van der Waals surface area contributed by atoms with Gasteiger partial charge in [-0.3, -0.25) is 0 Å². The highest BCUT2D eigenvalue weighted by molar-refractivity contribution is 6.31. The van der Waals surface area contributed by atoms with Crippen LogP contribution in [0.2, 0.25) is 5.02 Å². The number of hydrogen-bond donors (Lipinski definition) is 3. The lowest BCUT2D eigenvalue weighted by atomic mass is 10.00. The van der Waals surface area contributed by atoms with Crippen LogP contribution < -0.4 is 5.32 Å². The van der Waals surface area contributed by atoms with E-state index >= 15 is 0 Å². The van der Waals surface area contributed by atoms with Gasteiger partial charge in [-0.25, -0.2) is 0 Å². The third-order valence-corrected chi connectivity index (χ3v) is 3.42. The molecule has 1 aromatic carbocycles. The maximum atomic E-state index is 9.70. The standard InChI is InChI=1S/C14H22ClNO2/c1-2-4-11(7-8-17)9-16-10-12-13(15)5-3-6-14(12)18/h3,5-6,11,16-18H,2,4,7-10H2,1H3. The maximum absolute atomic E-state index is 9.70. The number of aliphatic hydroxyl groups is 1. The molecule has 0 radical (unpaired) electrons. The molecule has 1 rings (SSSR count). The Kier molecular flexibility index (Phi) is 7.09. The number of aromatic hydroxyl groups is 1. The van der Waals surface area contributed by atoms with Crippen LogP contribution in [0.15, 0.2) is 18.2 Å². The van der Waals surface area contributed by atoms with E-state index in [0.29, 0.717) is 17.5 Å². The highest BCUT2D eigenvalue weighted by atomic mass is 35.5. The second kappa shape index (κ2) is 8.35. The molecule has 102 valence electrons. The fourth-order valence-electron chi connectivity index (χ4n) is 2.06. The average Bonchev–Trinajstić information content (AvgIpc) is 2.33. The quantitative estimate of drug-likeness (QED) is 0.681. The van der Waals surface area contributed by atoms with Crippen LogP contribution in [-0.2, 0) is 6.54 Å². The minimum absolute atomic E-state index is 0.226. The van der Waals surface area contributed by atoms with Crippen LogP contribution >= 0.6 is 11.6 Å². The smallest absolute Gasteiger partial charge is 0.121 e. The predicted octanol–water partition coefficient (Wildman–Crippen LogP) is 2.93. The van der Waals surface area contributed by atoms with Gasteiger partial charge in [0.25, 0.3) is 0 Å². The highest BCUT2D eigenvalue weighted by Crippen LogP contribution is 2.24. The molecule has 0 heterocycles. The van der Waals surface area contributed by atoms with Gasteiger partial charge in [-0.2, -0.15) is 0 Å². The second-order valence-corrected chi connectivity index (χ2v) is 4.94. The van der Waals surface area contributed by atoms with Crippen molar-refractivity contribution in [1.82, 2.24) is 5.32 Å². The van der Waals surface area contributed by atoms with E-state index in [1.54, 1.807) is 18.2 Å². The lowest BCUT2D eigenvalue weighted by molar-refractivity contribution is 0.248. The van der Waals surface area contributed by atoms with Crippen molar-refractivity contribution in [1.29, 1.82) is 0 Å². The SMILES string of the molecule is CCCC(CCO)CNCc1c(O)cccc1Cl. The van der Waals surface area contributed by atoms with E-state index in [1.165, 1.54) is 0 Å². The summed E-state index contributed by atoms with van der Waals surface area (Å²) in [5.74, 6) is 0.703. The normalized spacial score (nSPS) is 12.6. The molecule has 0 aliphatic heterocycles. The molecular formula is C14H22ClNO2. The van der Waals surface area contributed by atoms with Crippen molar-refractivity contribution in [3.05, 3.63) is 28.8 Å². The van der Waals surface area contributed by atoms with Crippen molar-refractivity contribution < 1.29 is 10.2 Å². The van der Waals surface area contributed by atoms with Crippen molar-refractivity contribution in [2.24, 2.45) is 5.92 Å². The molecule has 3 N–H and O–H groups in total. The van der Waals surface area contributed by atoms with Gasteiger partial charge in [0.2, 0.25) is 0 Å². The molecule has 0 amide bonds. The Balaban J connectivity index is 2.44. The minimum Gasteiger partial charge on any atom is -0.508 e. The van der Waals surface area contributed by atoms with Crippen molar-refractivity contribution in [2.75, 3.05) is 13.2 Å². The molecule has 0 aliphatic carbocycles. The van der Waals surface area contributed by atoms with Crippen molar-refractivity contribution in [2.45, 2.75) is 32.7 Å². The van der Waals surface area contributed by atoms with E-state index in [1.807, 2.05) is 0 Å². The number of aliphatic hydroxyl groups excluding tert-OH is 1. The summed E-state index contributed by atoms with van der Waals surface area (Å²) in [6.07, 6.45) is 3.03. The zero-order chi connectivity index (χ0) is 13.4. The lowest BCUT2D eigenvalue weighted by Crippen LogP contribution is -2.23. The zero-order valence-corrected chi connectivity index (χ0v) is 11.6. The Morgan fingerprint density at radius 1 is 1.33 bits per heavy atom. The molecule has 0 bridgehead atoms. The summed E-state index contributed by atoms with van der Waals surface area (Å²) in [7, 11) is 0. The van der Waals surface area contributed by atoms with Crippen LogP contribution in [0.1, 0.15) is 31.7 Å². The van der Waals surface area contributed by atoms with E-state index < -0.39 is 0 Å². The molecule has 1 aromatic rings. The molecule has 0 fully saturated rings. The fraction of sp³-hybridized carbons (Fsp3) is 0.571. The first kappa shape index (κ1) is 15.3. The number of benzene rings is 1. The Morgan fingerprint density at radius 2 is 2.11 bits per heavy atom. The van der Waals surface area contributed by atoms with Crippen molar-refractivity contribution >= 4 is 11.6 Å². The van der Waals surface area contributed by atoms with E-state index in [4.69, 9.17) is 16.7 Å². The number of rotatable bonds is 8. The molecule has 18 heavy (non-hydrogen) atoms. The van der Waals surface area contributed by atoms with Gasteiger partial charge in [0.15, 0.2) is 0 Å². The summed E-state index contributed by atoms with van der Waals surface area (Å²) < 4.78 is 0. The first-order chi connectivity index (χ1) is 8.69. The molecule has 1 atom stereocenters. The number of nitrogens with one attached hydrogen (secondary N) is 1. The van der Waals surface area contributed by atoms with Crippen LogP contribution in [0.5, 0.6) is 5.75 Å². The summed E-state index contributed by atoms with van der Waals surface area (Å²) in [6, 6.07) is 5.14. The Bertz CT molecular complexity index is 331. The van der Waals surface area contributed by atoms with E-state index in [9.17, 15) is 5.11 Å². The second-order valence-electron chi connectivity index (χ2n) is 4.54. The summed E-state index contributed by atoms with van der Waals surface area (Å²) in [5, 5.41) is 22.6. The minimum atomic E-state index is 0.226. The van der Waals surface area contributed by atoms with Gasteiger partial charge in [-0.1, -0.05) is 31.0 Å². The van der Waals surface area contributed by atoms with Crippen LogP contribution in [0.25, 0.3) is 0 Å². The van der Waals surface area contributed by atoms with E-state index in [-0.39, 0.29) is 12.4 Å². The fourth-order valence-corrected chi connectivity index (χ4v) is 2.30. The van der Waals surface area contributed by atoms with Gasteiger partial charge in [0, 0.05) is 23.7 Å². The van der Waals surface area contributed by atoms with Crippen LogP contribution in [0.3, 0.4) is 0 Å². The highest BCUT2D eigenvalue weighted by Gasteiger charge is 2.09. The van der Waals surface area contributed by atoms with Gasteiger partial charge in [0.1, 0.15) is 5.75 Å². The van der Waals surface area contributed by atoms with Gasteiger partial charge in [0.05, 0.1) is 0 Å². The molecule has 0 saturated carbocycles. The third-order valence-electron chi connectivity index (χ3n) is 3.06. The number of halogens is 1. The monoisotopic (exact) mass is 271 g/mol.